The maximum atomic E-state index is 13.1. The number of phenols is 2. The van der Waals surface area contributed by atoms with Crippen molar-refractivity contribution < 1.29 is 28.5 Å². The van der Waals surface area contributed by atoms with Crippen LogP contribution in [0.15, 0.2) is 30.3 Å². The van der Waals surface area contributed by atoms with Crippen molar-refractivity contribution in [3.05, 3.63) is 41.5 Å². The van der Waals surface area contributed by atoms with Gasteiger partial charge in [0.1, 0.15) is 11.5 Å². The van der Waals surface area contributed by atoms with Gasteiger partial charge in [0, 0.05) is 31.4 Å². The van der Waals surface area contributed by atoms with Crippen LogP contribution >= 0.6 is 0 Å². The zero-order chi connectivity index (χ0) is 21.6. The lowest BCUT2D eigenvalue weighted by Crippen LogP contribution is -2.18. The fraction of sp³-hybridized carbons (Fsp3) is 0.455. The van der Waals surface area contributed by atoms with Gasteiger partial charge in [0.05, 0.1) is 17.7 Å². The summed E-state index contributed by atoms with van der Waals surface area (Å²) in [4.78, 5) is 1.88. The first-order valence-corrected chi connectivity index (χ1v) is 9.77. The van der Waals surface area contributed by atoms with Crippen LogP contribution in [0, 0.1) is 0 Å². The fourth-order valence-electron chi connectivity index (χ4n) is 3.30. The minimum atomic E-state index is -4.58. The molecule has 0 atom stereocenters. The number of rotatable bonds is 9. The average Bonchev–Trinajstić information content (AvgIpc) is 2.66. The molecule has 4 nitrogen and oxygen atoms in total. The van der Waals surface area contributed by atoms with E-state index in [1.807, 2.05) is 11.9 Å². The fourth-order valence-corrected chi connectivity index (χ4v) is 3.30. The first kappa shape index (κ1) is 22.9. The number of phenolic OH excluding ortho intramolecular Hbond substituents is 2. The van der Waals surface area contributed by atoms with Gasteiger partial charge in [0.15, 0.2) is 0 Å². The van der Waals surface area contributed by atoms with E-state index in [0.29, 0.717) is 5.69 Å². The second-order valence-corrected chi connectivity index (χ2v) is 7.22. The number of unbranched alkanes of at least 4 members (excludes halogenated alkanes) is 4. The number of halogens is 3. The molecule has 29 heavy (non-hydrogen) atoms. The molecule has 0 heterocycles. The number of hydrogen-bond acceptors (Lipinski definition) is 4. The molecule has 0 fully saturated rings. The van der Waals surface area contributed by atoms with E-state index in [1.165, 1.54) is 18.6 Å². The molecule has 0 aromatic heterocycles. The third-order valence-electron chi connectivity index (χ3n) is 5.00. The number of aliphatic hydroxyl groups excluding tert-OH is 1. The van der Waals surface area contributed by atoms with Crippen LogP contribution in [0.2, 0.25) is 0 Å². The van der Waals surface area contributed by atoms with Crippen molar-refractivity contribution in [3.8, 4) is 22.6 Å². The Kier molecular flexibility index (Phi) is 7.79. The Bertz CT molecular complexity index is 798. The van der Waals surface area contributed by atoms with E-state index in [0.717, 1.165) is 50.4 Å². The van der Waals surface area contributed by atoms with Crippen LogP contribution in [-0.4, -0.2) is 28.9 Å². The number of benzene rings is 2. The Labute approximate surface area is 169 Å². The summed E-state index contributed by atoms with van der Waals surface area (Å²) in [7, 11) is 1.83. The van der Waals surface area contributed by atoms with Crippen LogP contribution in [-0.2, 0) is 12.8 Å². The largest absolute Gasteiger partial charge is 0.507 e. The molecule has 0 unspecified atom stereocenters. The Morgan fingerprint density at radius 2 is 1.55 bits per heavy atom. The van der Waals surface area contributed by atoms with Gasteiger partial charge in [-0.25, -0.2) is 0 Å². The summed E-state index contributed by atoms with van der Waals surface area (Å²) >= 11 is 0. The van der Waals surface area contributed by atoms with Crippen molar-refractivity contribution >= 4 is 5.69 Å². The molecule has 0 aliphatic rings. The Morgan fingerprint density at radius 1 is 0.931 bits per heavy atom. The zero-order valence-electron chi connectivity index (χ0n) is 16.8. The first-order chi connectivity index (χ1) is 13.7. The number of nitrogens with zero attached hydrogens (tertiary/aromatic N) is 1. The Balaban J connectivity index is 2.32. The summed E-state index contributed by atoms with van der Waals surface area (Å²) < 4.78 is 39.3. The normalized spacial score (nSPS) is 11.7. The van der Waals surface area contributed by atoms with Crippen molar-refractivity contribution in [3.63, 3.8) is 0 Å². The predicted molar refractivity (Wildman–Crippen MR) is 108 cm³/mol. The molecular weight excluding hydrogens is 383 g/mol. The molecule has 0 aliphatic heterocycles. The summed E-state index contributed by atoms with van der Waals surface area (Å²) in [5.74, 6) is -0.682. The first-order valence-electron chi connectivity index (χ1n) is 9.77. The second-order valence-electron chi connectivity index (χ2n) is 7.22. The molecule has 0 amide bonds. The minimum absolute atomic E-state index is 0.0499. The monoisotopic (exact) mass is 411 g/mol. The van der Waals surface area contributed by atoms with Crippen LogP contribution in [0.5, 0.6) is 11.5 Å². The van der Waals surface area contributed by atoms with Crippen LogP contribution in [0.3, 0.4) is 0 Å². The second kappa shape index (κ2) is 9.87. The number of aliphatic hydroxyl groups is 1. The molecule has 2 aromatic carbocycles. The van der Waals surface area contributed by atoms with Gasteiger partial charge in [-0.05, 0) is 29.7 Å². The van der Waals surface area contributed by atoms with Crippen LogP contribution in [0.1, 0.15) is 50.2 Å². The molecule has 2 aromatic rings. The van der Waals surface area contributed by atoms with Gasteiger partial charge in [-0.2, -0.15) is 13.2 Å². The van der Waals surface area contributed by atoms with E-state index in [9.17, 15) is 28.5 Å². The van der Waals surface area contributed by atoms with Gasteiger partial charge in [-0.1, -0.05) is 38.7 Å². The van der Waals surface area contributed by atoms with E-state index in [-0.39, 0.29) is 28.2 Å². The maximum Gasteiger partial charge on any atom is 0.416 e. The highest BCUT2D eigenvalue weighted by molar-refractivity contribution is 5.82. The number of aromatic hydroxyl groups is 2. The summed E-state index contributed by atoms with van der Waals surface area (Å²) in [6, 6.07) is 5.68. The molecule has 0 spiro atoms. The van der Waals surface area contributed by atoms with Gasteiger partial charge >= 0.3 is 6.18 Å². The molecule has 0 saturated heterocycles. The molecule has 7 heteroatoms. The third-order valence-corrected chi connectivity index (χ3v) is 5.00. The predicted octanol–water partition coefficient (Wildman–Crippen LogP) is 5.68. The van der Waals surface area contributed by atoms with E-state index in [2.05, 4.69) is 6.92 Å². The minimum Gasteiger partial charge on any atom is -0.507 e. The average molecular weight is 411 g/mol. The van der Waals surface area contributed by atoms with Crippen molar-refractivity contribution in [2.24, 2.45) is 0 Å². The van der Waals surface area contributed by atoms with Gasteiger partial charge in [0.2, 0.25) is 0 Å². The summed E-state index contributed by atoms with van der Waals surface area (Å²) in [6.45, 7) is 2.35. The summed E-state index contributed by atoms with van der Waals surface area (Å²) in [6.07, 6.45) is 0.958. The van der Waals surface area contributed by atoms with Crippen LogP contribution < -0.4 is 4.90 Å². The molecule has 160 valence electrons. The molecule has 0 saturated carbocycles. The van der Waals surface area contributed by atoms with Gasteiger partial charge in [-0.3, -0.25) is 0 Å². The highest BCUT2D eigenvalue weighted by Crippen LogP contribution is 2.44. The standard InChI is InChI=1S/C22H28F3NO3/c1-3-4-5-6-7-10-26(2)17-12-19(28)21(20(29)13-17)18-11-16(22(23,24)25)9-8-15(18)14-27/h8-9,11-13,27-29H,3-7,10,14H2,1-2H3. The highest BCUT2D eigenvalue weighted by atomic mass is 19.4. The van der Waals surface area contributed by atoms with Crippen molar-refractivity contribution in [1.82, 2.24) is 0 Å². The van der Waals surface area contributed by atoms with Crippen LogP contribution in [0.25, 0.3) is 11.1 Å². The van der Waals surface area contributed by atoms with E-state index >= 15 is 0 Å². The lowest BCUT2D eigenvalue weighted by Gasteiger charge is -2.22. The zero-order valence-corrected chi connectivity index (χ0v) is 16.8. The van der Waals surface area contributed by atoms with Crippen molar-refractivity contribution in [2.75, 3.05) is 18.5 Å². The smallest absolute Gasteiger partial charge is 0.416 e. The summed E-state index contributed by atoms with van der Waals surface area (Å²) in [5, 5.41) is 30.5. The Hall–Kier alpha value is -2.41. The lowest BCUT2D eigenvalue weighted by atomic mass is 9.95. The lowest BCUT2D eigenvalue weighted by molar-refractivity contribution is -0.137. The van der Waals surface area contributed by atoms with Crippen molar-refractivity contribution in [1.29, 1.82) is 0 Å². The molecule has 0 bridgehead atoms. The SMILES string of the molecule is CCCCCCCN(C)c1cc(O)c(-c2cc(C(F)(F)F)ccc2CO)c(O)c1. The quantitative estimate of drug-likeness (QED) is 0.465. The number of alkyl halides is 3. The number of anilines is 1. The molecule has 0 radical (unpaired) electrons. The van der Waals surface area contributed by atoms with Crippen molar-refractivity contribution in [2.45, 2.75) is 51.8 Å². The topological polar surface area (TPSA) is 63.9 Å². The van der Waals surface area contributed by atoms with Gasteiger partial charge in [-0.15, -0.1) is 0 Å². The summed E-state index contributed by atoms with van der Waals surface area (Å²) in [5.41, 5.74) is -0.347. The van der Waals surface area contributed by atoms with E-state index < -0.39 is 18.3 Å². The van der Waals surface area contributed by atoms with Gasteiger partial charge in [0.25, 0.3) is 0 Å². The maximum absolute atomic E-state index is 13.1. The molecular formula is C22H28F3NO3. The van der Waals surface area contributed by atoms with E-state index in [4.69, 9.17) is 0 Å². The van der Waals surface area contributed by atoms with Gasteiger partial charge < -0.3 is 20.2 Å². The van der Waals surface area contributed by atoms with Crippen LogP contribution in [0.4, 0.5) is 18.9 Å². The molecule has 3 N–H and O–H groups in total. The number of hydrogen-bond donors (Lipinski definition) is 3. The molecule has 2 rings (SSSR count). The third kappa shape index (κ3) is 5.79. The van der Waals surface area contributed by atoms with E-state index in [1.54, 1.807) is 0 Å². The highest BCUT2D eigenvalue weighted by Gasteiger charge is 2.31. The Morgan fingerprint density at radius 3 is 2.10 bits per heavy atom. The molecule has 0 aliphatic carbocycles.